The molecule has 0 saturated carbocycles. The van der Waals surface area contributed by atoms with E-state index in [-0.39, 0.29) is 47.2 Å². The predicted molar refractivity (Wildman–Crippen MR) is 135 cm³/mol. The number of anilines is 3. The fourth-order valence-corrected chi connectivity index (χ4v) is 6.07. The molecule has 0 bridgehead atoms. The van der Waals surface area contributed by atoms with Crippen LogP contribution in [0.2, 0.25) is 0 Å². The summed E-state index contributed by atoms with van der Waals surface area (Å²) >= 11 is 1.13. The van der Waals surface area contributed by atoms with Crippen LogP contribution in [0.4, 0.5) is 16.5 Å². The molecule has 0 radical (unpaired) electrons. The Balaban J connectivity index is 1.35. The van der Waals surface area contributed by atoms with Gasteiger partial charge in [-0.2, -0.15) is 0 Å². The summed E-state index contributed by atoms with van der Waals surface area (Å²) in [6, 6.07) is 11.0. The molecule has 3 heterocycles. The molecule has 1 saturated heterocycles. The lowest BCUT2D eigenvalue weighted by Crippen LogP contribution is -2.39. The van der Waals surface area contributed by atoms with Gasteiger partial charge in [-0.25, -0.2) is 13.4 Å². The summed E-state index contributed by atoms with van der Waals surface area (Å²) in [5, 5.41) is 1.90. The summed E-state index contributed by atoms with van der Waals surface area (Å²) in [6.07, 6.45) is 1.09. The van der Waals surface area contributed by atoms with Crippen LogP contribution in [-0.4, -0.2) is 44.3 Å². The number of carbonyl (C=O) groups excluding carboxylic acids is 3. The van der Waals surface area contributed by atoms with E-state index in [1.54, 1.807) is 16.3 Å². The van der Waals surface area contributed by atoms with Gasteiger partial charge in [-0.3, -0.25) is 24.0 Å². The smallest absolute Gasteiger partial charge is 0.265 e. The van der Waals surface area contributed by atoms with Crippen LogP contribution in [-0.2, 0) is 24.4 Å². The van der Waals surface area contributed by atoms with Crippen molar-refractivity contribution in [3.63, 3.8) is 0 Å². The molecule has 2 aromatic carbocycles. The standard InChI is InChI=1S/C24H22N4O6S2/c1-2-11-27-19-12-15(3-8-20(19)34-13-23(27)31)18-14-35-24(25-18)26-36(32,33)17-6-4-16(5-7-17)28-21(29)9-10-22(28)30/h3-8,12,14H,2,9-11,13H2,1H3,(H,25,26). The second kappa shape index (κ2) is 9.36. The lowest BCUT2D eigenvalue weighted by atomic mass is 10.1. The van der Waals surface area contributed by atoms with E-state index in [1.807, 2.05) is 19.1 Å². The van der Waals surface area contributed by atoms with E-state index in [0.29, 0.717) is 29.4 Å². The van der Waals surface area contributed by atoms with Crippen LogP contribution in [0.3, 0.4) is 0 Å². The van der Waals surface area contributed by atoms with Crippen LogP contribution in [0.1, 0.15) is 26.2 Å². The molecule has 186 valence electrons. The van der Waals surface area contributed by atoms with Gasteiger partial charge in [0, 0.05) is 30.3 Å². The summed E-state index contributed by atoms with van der Waals surface area (Å²) < 4.78 is 33.8. The summed E-state index contributed by atoms with van der Waals surface area (Å²) in [4.78, 5) is 43.3. The number of nitrogens with zero attached hydrogens (tertiary/aromatic N) is 3. The van der Waals surface area contributed by atoms with Gasteiger partial charge in [0.25, 0.3) is 15.9 Å². The first-order valence-corrected chi connectivity index (χ1v) is 13.6. The van der Waals surface area contributed by atoms with Crippen LogP contribution < -0.4 is 19.3 Å². The zero-order valence-electron chi connectivity index (χ0n) is 19.3. The van der Waals surface area contributed by atoms with Gasteiger partial charge in [-0.1, -0.05) is 6.92 Å². The van der Waals surface area contributed by atoms with Crippen LogP contribution in [0, 0.1) is 0 Å². The van der Waals surface area contributed by atoms with Crippen molar-refractivity contribution in [1.82, 2.24) is 4.98 Å². The molecule has 3 amide bonds. The van der Waals surface area contributed by atoms with Crippen LogP contribution in [0.5, 0.6) is 5.75 Å². The number of carbonyl (C=O) groups is 3. The highest BCUT2D eigenvalue weighted by molar-refractivity contribution is 7.93. The summed E-state index contributed by atoms with van der Waals surface area (Å²) in [6.45, 7) is 2.56. The minimum Gasteiger partial charge on any atom is -0.482 e. The maximum Gasteiger partial charge on any atom is 0.265 e. The number of nitrogens with one attached hydrogen (secondary N) is 1. The van der Waals surface area contributed by atoms with Crippen molar-refractivity contribution in [2.24, 2.45) is 0 Å². The number of amides is 3. The summed E-state index contributed by atoms with van der Waals surface area (Å²) in [7, 11) is -3.95. The first-order valence-electron chi connectivity index (χ1n) is 11.3. The normalized spacial score (nSPS) is 15.8. The largest absolute Gasteiger partial charge is 0.482 e. The van der Waals surface area contributed by atoms with Gasteiger partial charge in [-0.15, -0.1) is 11.3 Å². The number of ether oxygens (including phenoxy) is 1. The number of imide groups is 1. The summed E-state index contributed by atoms with van der Waals surface area (Å²) in [5.74, 6) is -0.110. The fraction of sp³-hybridized carbons (Fsp3) is 0.250. The lowest BCUT2D eigenvalue weighted by molar-refractivity contribution is -0.122. The molecule has 36 heavy (non-hydrogen) atoms. The SMILES string of the molecule is CCCN1C(=O)COc2ccc(-c3csc(NS(=O)(=O)c4ccc(N5C(=O)CCC5=O)cc4)n3)cc21. The van der Waals surface area contributed by atoms with E-state index >= 15 is 0 Å². The molecule has 0 aliphatic carbocycles. The third kappa shape index (κ3) is 4.44. The Morgan fingerprint density at radius 1 is 1.03 bits per heavy atom. The zero-order valence-corrected chi connectivity index (χ0v) is 20.9. The molecule has 0 unspecified atom stereocenters. The van der Waals surface area contributed by atoms with Gasteiger partial charge in [0.05, 0.1) is 22.0 Å². The van der Waals surface area contributed by atoms with E-state index in [9.17, 15) is 22.8 Å². The Hall–Kier alpha value is -3.77. The number of fused-ring (bicyclic) bond motifs is 1. The number of benzene rings is 2. The van der Waals surface area contributed by atoms with E-state index < -0.39 is 10.0 Å². The third-order valence-electron chi connectivity index (χ3n) is 5.83. The molecule has 10 nitrogen and oxygen atoms in total. The molecule has 0 atom stereocenters. The Morgan fingerprint density at radius 2 is 1.75 bits per heavy atom. The fourth-order valence-electron chi connectivity index (χ4n) is 4.10. The molecule has 3 aromatic rings. The van der Waals surface area contributed by atoms with Crippen LogP contribution in [0.15, 0.2) is 52.7 Å². The lowest BCUT2D eigenvalue weighted by Gasteiger charge is -2.29. The molecule has 1 fully saturated rings. The molecule has 12 heteroatoms. The molecule has 2 aliphatic rings. The van der Waals surface area contributed by atoms with Gasteiger partial charge in [-0.05, 0) is 48.9 Å². The first kappa shape index (κ1) is 23.9. The number of rotatable bonds is 7. The molecule has 2 aliphatic heterocycles. The van der Waals surface area contributed by atoms with Crippen molar-refractivity contribution in [1.29, 1.82) is 0 Å². The monoisotopic (exact) mass is 526 g/mol. The predicted octanol–water partition coefficient (Wildman–Crippen LogP) is 3.40. The molecular formula is C24H22N4O6S2. The minimum atomic E-state index is -3.95. The van der Waals surface area contributed by atoms with Crippen molar-refractivity contribution < 1.29 is 27.5 Å². The van der Waals surface area contributed by atoms with Gasteiger partial charge in [0.15, 0.2) is 11.7 Å². The highest BCUT2D eigenvalue weighted by Crippen LogP contribution is 2.37. The van der Waals surface area contributed by atoms with Crippen LogP contribution in [0.25, 0.3) is 11.3 Å². The van der Waals surface area contributed by atoms with Gasteiger partial charge < -0.3 is 9.64 Å². The number of sulfonamides is 1. The quantitative estimate of drug-likeness (QED) is 0.468. The van der Waals surface area contributed by atoms with Gasteiger partial charge in [0.1, 0.15) is 5.75 Å². The zero-order chi connectivity index (χ0) is 25.4. The topological polar surface area (TPSA) is 126 Å². The van der Waals surface area contributed by atoms with Crippen molar-refractivity contribution >= 4 is 55.6 Å². The Kier molecular flexibility index (Phi) is 6.22. The first-order chi connectivity index (χ1) is 17.3. The van der Waals surface area contributed by atoms with Crippen molar-refractivity contribution in [2.75, 3.05) is 27.7 Å². The second-order valence-corrected chi connectivity index (χ2v) is 10.8. The molecule has 1 N–H and O–H groups in total. The second-order valence-electron chi connectivity index (χ2n) is 8.28. The molecule has 5 rings (SSSR count). The van der Waals surface area contributed by atoms with Crippen molar-refractivity contribution in [3.05, 3.63) is 47.8 Å². The number of thiazole rings is 1. The molecule has 1 aromatic heterocycles. The average Bonchev–Trinajstić information content (AvgIpc) is 3.46. The highest BCUT2D eigenvalue weighted by atomic mass is 32.2. The Bertz CT molecular complexity index is 1450. The highest BCUT2D eigenvalue weighted by Gasteiger charge is 2.30. The number of hydrogen-bond acceptors (Lipinski definition) is 8. The van der Waals surface area contributed by atoms with Crippen molar-refractivity contribution in [3.8, 4) is 17.0 Å². The van der Waals surface area contributed by atoms with Gasteiger partial charge >= 0.3 is 0 Å². The summed E-state index contributed by atoms with van der Waals surface area (Å²) in [5.41, 5.74) is 2.27. The molecule has 0 spiro atoms. The maximum atomic E-state index is 12.9. The number of hydrogen-bond donors (Lipinski definition) is 1. The van der Waals surface area contributed by atoms with E-state index in [1.165, 1.54) is 24.3 Å². The average molecular weight is 527 g/mol. The number of aromatic nitrogens is 1. The Labute approximate surface area is 211 Å². The third-order valence-corrected chi connectivity index (χ3v) is 8.07. The molecular weight excluding hydrogens is 504 g/mol. The minimum absolute atomic E-state index is 0.000596. The van der Waals surface area contributed by atoms with E-state index in [4.69, 9.17) is 4.74 Å². The Morgan fingerprint density at radius 3 is 2.44 bits per heavy atom. The maximum absolute atomic E-state index is 12.9. The van der Waals surface area contributed by atoms with Crippen LogP contribution >= 0.6 is 11.3 Å². The van der Waals surface area contributed by atoms with Crippen molar-refractivity contribution in [2.45, 2.75) is 31.1 Å². The van der Waals surface area contributed by atoms with Gasteiger partial charge in [0.2, 0.25) is 11.8 Å². The van der Waals surface area contributed by atoms with E-state index in [0.717, 1.165) is 28.2 Å². The van der Waals surface area contributed by atoms with E-state index in [2.05, 4.69) is 9.71 Å².